The van der Waals surface area contributed by atoms with Gasteiger partial charge in [-0.25, -0.2) is 0 Å². The van der Waals surface area contributed by atoms with E-state index in [-0.39, 0.29) is 6.10 Å². The van der Waals surface area contributed by atoms with Gasteiger partial charge in [-0.15, -0.1) is 6.58 Å². The van der Waals surface area contributed by atoms with E-state index >= 15 is 0 Å². The van der Waals surface area contributed by atoms with Gasteiger partial charge in [0.25, 0.3) is 0 Å². The smallest absolute Gasteiger partial charge is 0.0943 e. The summed E-state index contributed by atoms with van der Waals surface area (Å²) >= 11 is 0. The first-order valence-corrected chi connectivity index (χ1v) is 5.73. The quantitative estimate of drug-likeness (QED) is 0.770. The Balaban J connectivity index is 1.85. The van der Waals surface area contributed by atoms with E-state index in [9.17, 15) is 5.11 Å². The second-order valence-corrected chi connectivity index (χ2v) is 4.42. The fourth-order valence-corrected chi connectivity index (χ4v) is 2.09. The van der Waals surface area contributed by atoms with Crippen LogP contribution in [0.3, 0.4) is 0 Å². The first kappa shape index (κ1) is 11.4. The van der Waals surface area contributed by atoms with Gasteiger partial charge in [0, 0.05) is 0 Å². The van der Waals surface area contributed by atoms with Crippen molar-refractivity contribution in [2.75, 3.05) is 0 Å². The summed E-state index contributed by atoms with van der Waals surface area (Å²) in [6.45, 7) is 4.24. The predicted molar refractivity (Wildman–Crippen MR) is 64.0 cm³/mol. The largest absolute Gasteiger partial charge is 0.387 e. The molecule has 2 nitrogen and oxygen atoms in total. The second kappa shape index (κ2) is 4.81. The Bertz CT molecular complexity index is 347. The van der Waals surface area contributed by atoms with Gasteiger partial charge >= 0.3 is 0 Å². The van der Waals surface area contributed by atoms with Gasteiger partial charge < -0.3 is 9.84 Å². The molecule has 1 saturated carbocycles. The fraction of sp³-hybridized carbons (Fsp3) is 0.429. The molecule has 0 spiro atoms. The summed E-state index contributed by atoms with van der Waals surface area (Å²) in [7, 11) is 0. The van der Waals surface area contributed by atoms with Crippen molar-refractivity contribution in [1.82, 2.24) is 0 Å². The lowest BCUT2D eigenvalue weighted by atomic mass is 9.74. The minimum Gasteiger partial charge on any atom is -0.387 e. The topological polar surface area (TPSA) is 29.5 Å². The summed E-state index contributed by atoms with van der Waals surface area (Å²) < 4.78 is 5.73. The van der Waals surface area contributed by atoms with E-state index in [2.05, 4.69) is 6.58 Å². The van der Waals surface area contributed by atoms with E-state index in [0.29, 0.717) is 13.0 Å². The highest BCUT2D eigenvalue weighted by atomic mass is 16.5. The summed E-state index contributed by atoms with van der Waals surface area (Å²) in [5, 5.41) is 10.2. The summed E-state index contributed by atoms with van der Waals surface area (Å²) in [6.07, 6.45) is 4.10. The molecule has 1 aromatic rings. The Hall–Kier alpha value is -1.12. The Morgan fingerprint density at radius 2 is 2.19 bits per heavy atom. The Morgan fingerprint density at radius 1 is 1.44 bits per heavy atom. The van der Waals surface area contributed by atoms with Crippen LogP contribution in [0.5, 0.6) is 0 Å². The van der Waals surface area contributed by atoms with Gasteiger partial charge in [0.15, 0.2) is 0 Å². The standard InChI is InChI=1S/C14H18O2/c1-2-9-14(15)10-8-13(14)16-11-12-6-4-3-5-7-12/h2-7,13,15H,1,8-11H2. The highest BCUT2D eigenvalue weighted by Crippen LogP contribution is 2.38. The molecule has 16 heavy (non-hydrogen) atoms. The van der Waals surface area contributed by atoms with Gasteiger partial charge in [0.1, 0.15) is 0 Å². The first-order valence-electron chi connectivity index (χ1n) is 5.73. The van der Waals surface area contributed by atoms with Crippen molar-refractivity contribution in [3.8, 4) is 0 Å². The molecule has 86 valence electrons. The number of hydrogen-bond donors (Lipinski definition) is 1. The van der Waals surface area contributed by atoms with Crippen LogP contribution in [-0.4, -0.2) is 16.8 Å². The zero-order chi connectivity index (χ0) is 11.4. The van der Waals surface area contributed by atoms with Crippen LogP contribution in [0.2, 0.25) is 0 Å². The monoisotopic (exact) mass is 218 g/mol. The molecule has 0 bridgehead atoms. The van der Waals surface area contributed by atoms with E-state index in [0.717, 1.165) is 18.4 Å². The van der Waals surface area contributed by atoms with Crippen LogP contribution in [0.4, 0.5) is 0 Å². The lowest BCUT2D eigenvalue weighted by Crippen LogP contribution is -2.52. The molecule has 0 heterocycles. The molecular formula is C14H18O2. The fourth-order valence-electron chi connectivity index (χ4n) is 2.09. The van der Waals surface area contributed by atoms with E-state index in [1.165, 1.54) is 0 Å². The van der Waals surface area contributed by atoms with Gasteiger partial charge in [0.05, 0.1) is 18.3 Å². The number of aliphatic hydroxyl groups is 1. The number of benzene rings is 1. The highest BCUT2D eigenvalue weighted by Gasteiger charge is 2.44. The van der Waals surface area contributed by atoms with Gasteiger partial charge in [-0.05, 0) is 24.8 Å². The third-order valence-corrected chi connectivity index (χ3v) is 3.23. The van der Waals surface area contributed by atoms with Crippen LogP contribution in [0, 0.1) is 0 Å². The van der Waals surface area contributed by atoms with Crippen LogP contribution in [-0.2, 0) is 11.3 Å². The SMILES string of the molecule is C=CCC1(O)CCC1OCc1ccccc1. The molecule has 0 saturated heterocycles. The number of hydrogen-bond acceptors (Lipinski definition) is 2. The van der Waals surface area contributed by atoms with E-state index in [4.69, 9.17) is 4.74 Å². The van der Waals surface area contributed by atoms with Gasteiger partial charge in [-0.3, -0.25) is 0 Å². The average Bonchev–Trinajstić information content (AvgIpc) is 2.29. The maximum atomic E-state index is 10.2. The summed E-state index contributed by atoms with van der Waals surface area (Å²) in [5.41, 5.74) is 0.478. The van der Waals surface area contributed by atoms with Crippen molar-refractivity contribution in [2.45, 2.75) is 37.6 Å². The molecule has 2 rings (SSSR count). The molecule has 2 heteroatoms. The predicted octanol–water partition coefficient (Wildman–Crippen LogP) is 2.67. The van der Waals surface area contributed by atoms with Crippen LogP contribution in [0.25, 0.3) is 0 Å². The molecule has 1 N–H and O–H groups in total. The zero-order valence-electron chi connectivity index (χ0n) is 9.43. The molecule has 2 atom stereocenters. The van der Waals surface area contributed by atoms with Crippen molar-refractivity contribution < 1.29 is 9.84 Å². The lowest BCUT2D eigenvalue weighted by molar-refractivity contribution is -0.175. The molecule has 1 aliphatic carbocycles. The number of rotatable bonds is 5. The molecule has 0 aliphatic heterocycles. The van der Waals surface area contributed by atoms with Crippen LogP contribution in [0.1, 0.15) is 24.8 Å². The molecule has 0 amide bonds. The minimum absolute atomic E-state index is 0.0364. The molecule has 1 aliphatic rings. The van der Waals surface area contributed by atoms with Crippen molar-refractivity contribution in [2.24, 2.45) is 0 Å². The highest BCUT2D eigenvalue weighted by molar-refractivity contribution is 5.13. The summed E-state index contributed by atoms with van der Waals surface area (Å²) in [5.74, 6) is 0. The third-order valence-electron chi connectivity index (χ3n) is 3.23. The van der Waals surface area contributed by atoms with Crippen LogP contribution >= 0.6 is 0 Å². The molecule has 2 unspecified atom stereocenters. The molecular weight excluding hydrogens is 200 g/mol. The Labute approximate surface area is 96.6 Å². The average molecular weight is 218 g/mol. The Kier molecular flexibility index (Phi) is 3.42. The third kappa shape index (κ3) is 2.34. The normalized spacial score (nSPS) is 28.4. The van der Waals surface area contributed by atoms with E-state index < -0.39 is 5.60 Å². The molecule has 1 aromatic carbocycles. The van der Waals surface area contributed by atoms with Crippen LogP contribution in [0.15, 0.2) is 43.0 Å². The first-order chi connectivity index (χ1) is 7.74. The van der Waals surface area contributed by atoms with Gasteiger partial charge in [-0.1, -0.05) is 36.4 Å². The minimum atomic E-state index is -0.670. The summed E-state index contributed by atoms with van der Waals surface area (Å²) in [6, 6.07) is 10.0. The van der Waals surface area contributed by atoms with Crippen molar-refractivity contribution in [3.05, 3.63) is 48.6 Å². The van der Waals surface area contributed by atoms with E-state index in [1.54, 1.807) is 6.08 Å². The van der Waals surface area contributed by atoms with Gasteiger partial charge in [-0.2, -0.15) is 0 Å². The maximum Gasteiger partial charge on any atom is 0.0943 e. The van der Waals surface area contributed by atoms with Gasteiger partial charge in [0.2, 0.25) is 0 Å². The number of ether oxygens (including phenoxy) is 1. The van der Waals surface area contributed by atoms with Crippen LogP contribution < -0.4 is 0 Å². The van der Waals surface area contributed by atoms with E-state index in [1.807, 2.05) is 30.3 Å². The second-order valence-electron chi connectivity index (χ2n) is 4.42. The Morgan fingerprint density at radius 3 is 2.75 bits per heavy atom. The zero-order valence-corrected chi connectivity index (χ0v) is 9.43. The summed E-state index contributed by atoms with van der Waals surface area (Å²) in [4.78, 5) is 0. The lowest BCUT2D eigenvalue weighted by Gasteiger charge is -2.44. The van der Waals surface area contributed by atoms with Crippen molar-refractivity contribution in [3.63, 3.8) is 0 Å². The van der Waals surface area contributed by atoms with Crippen molar-refractivity contribution >= 4 is 0 Å². The molecule has 0 aromatic heterocycles. The van der Waals surface area contributed by atoms with Crippen molar-refractivity contribution in [1.29, 1.82) is 0 Å². The molecule has 1 fully saturated rings. The molecule has 0 radical (unpaired) electrons. The maximum absolute atomic E-state index is 10.2.